The van der Waals surface area contributed by atoms with Crippen LogP contribution in [0.4, 0.5) is 0 Å². The third-order valence-corrected chi connectivity index (χ3v) is 11.7. The van der Waals surface area contributed by atoms with Gasteiger partial charge in [0.1, 0.15) is 5.60 Å². The molecule has 6 heteroatoms. The van der Waals surface area contributed by atoms with Crippen LogP contribution in [0.1, 0.15) is 119 Å². The zero-order chi connectivity index (χ0) is 25.9. The predicted octanol–water partition coefficient (Wildman–Crippen LogP) is 5.32. The molecule has 0 heterocycles. The molecule has 4 aliphatic rings. The summed E-state index contributed by atoms with van der Waals surface area (Å²) in [5.74, 6) is -0.617. The Morgan fingerprint density at radius 1 is 0.857 bits per heavy atom. The Bertz CT molecular complexity index is 842. The SMILES string of the molecule is CCC(CC)C(=O)OCC(=O)OC12CC3CC4(C(O)(CC)CC)CC(C(O)(CC)CC)(C1)CC34C2. The summed E-state index contributed by atoms with van der Waals surface area (Å²) in [6.07, 6.45) is 8.90. The normalized spacial score (nSPS) is 37.3. The number of aliphatic hydroxyl groups is 2. The number of carbonyl (C=O) groups excluding carboxylic acids is 2. The van der Waals surface area contributed by atoms with Crippen molar-refractivity contribution in [1.29, 1.82) is 0 Å². The largest absolute Gasteiger partial charge is 0.456 e. The summed E-state index contributed by atoms with van der Waals surface area (Å²) in [5.41, 5.74) is -3.01. The number of hydrogen-bond acceptors (Lipinski definition) is 6. The third kappa shape index (κ3) is 3.41. The molecule has 3 bridgehead atoms. The maximum Gasteiger partial charge on any atom is 0.344 e. The van der Waals surface area contributed by atoms with Crippen molar-refractivity contribution >= 4 is 11.9 Å². The highest BCUT2D eigenvalue weighted by Gasteiger charge is 2.86. The lowest BCUT2D eigenvalue weighted by molar-refractivity contribution is -0.230. The first-order valence-corrected chi connectivity index (χ1v) is 14.3. The van der Waals surface area contributed by atoms with Crippen molar-refractivity contribution in [1.82, 2.24) is 0 Å². The summed E-state index contributed by atoms with van der Waals surface area (Å²) >= 11 is 0. The third-order valence-electron chi connectivity index (χ3n) is 11.7. The minimum atomic E-state index is -0.859. The molecule has 4 aliphatic carbocycles. The molecular weight excluding hydrogens is 444 g/mol. The van der Waals surface area contributed by atoms with E-state index in [2.05, 4.69) is 27.7 Å². The van der Waals surface area contributed by atoms with E-state index in [9.17, 15) is 19.8 Å². The van der Waals surface area contributed by atoms with E-state index in [0.717, 1.165) is 32.1 Å². The second kappa shape index (κ2) is 8.72. The summed E-state index contributed by atoms with van der Waals surface area (Å²) in [6.45, 7) is 11.8. The first kappa shape index (κ1) is 26.9. The Labute approximate surface area is 211 Å². The van der Waals surface area contributed by atoms with Crippen LogP contribution in [0.2, 0.25) is 0 Å². The van der Waals surface area contributed by atoms with E-state index in [1.54, 1.807) is 0 Å². The van der Waals surface area contributed by atoms with Gasteiger partial charge in [-0.15, -0.1) is 0 Å². The fraction of sp³-hybridized carbons (Fsp3) is 0.931. The van der Waals surface area contributed by atoms with Gasteiger partial charge in [-0.1, -0.05) is 41.5 Å². The molecule has 200 valence electrons. The van der Waals surface area contributed by atoms with E-state index < -0.39 is 22.8 Å². The zero-order valence-corrected chi connectivity index (χ0v) is 22.9. The first-order chi connectivity index (χ1) is 16.4. The van der Waals surface area contributed by atoms with Gasteiger partial charge in [-0.25, -0.2) is 4.79 Å². The Morgan fingerprint density at radius 2 is 1.46 bits per heavy atom. The summed E-state index contributed by atoms with van der Waals surface area (Å²) < 4.78 is 11.6. The van der Waals surface area contributed by atoms with Gasteiger partial charge in [0.15, 0.2) is 6.61 Å². The maximum atomic E-state index is 13.0. The van der Waals surface area contributed by atoms with Crippen LogP contribution in [0, 0.1) is 28.1 Å². The van der Waals surface area contributed by atoms with E-state index in [0.29, 0.717) is 50.9 Å². The fourth-order valence-electron chi connectivity index (χ4n) is 9.99. The summed E-state index contributed by atoms with van der Waals surface area (Å²) in [7, 11) is 0. The molecule has 0 radical (unpaired) electrons. The van der Waals surface area contributed by atoms with Crippen molar-refractivity contribution in [3.63, 3.8) is 0 Å². The highest BCUT2D eigenvalue weighted by Crippen LogP contribution is 2.89. The number of esters is 2. The molecule has 6 nitrogen and oxygen atoms in total. The molecule has 5 unspecified atom stereocenters. The molecule has 2 N–H and O–H groups in total. The zero-order valence-electron chi connectivity index (χ0n) is 22.9. The summed E-state index contributed by atoms with van der Waals surface area (Å²) in [5, 5.41) is 24.0. The number of ether oxygens (including phenoxy) is 2. The molecule has 35 heavy (non-hydrogen) atoms. The molecule has 0 aromatic rings. The van der Waals surface area contributed by atoms with E-state index in [-0.39, 0.29) is 34.7 Å². The average molecular weight is 493 g/mol. The van der Waals surface area contributed by atoms with Gasteiger partial charge >= 0.3 is 11.9 Å². The minimum absolute atomic E-state index is 0.100. The van der Waals surface area contributed by atoms with Gasteiger partial charge in [0.2, 0.25) is 0 Å². The Balaban J connectivity index is 1.64. The molecule has 0 aliphatic heterocycles. The smallest absolute Gasteiger partial charge is 0.344 e. The second-order valence-corrected chi connectivity index (χ2v) is 12.6. The highest BCUT2D eigenvalue weighted by atomic mass is 16.6. The summed E-state index contributed by atoms with van der Waals surface area (Å²) in [4.78, 5) is 25.3. The van der Waals surface area contributed by atoms with Crippen LogP contribution in [0.5, 0.6) is 0 Å². The number of rotatable bonds is 12. The lowest BCUT2D eigenvalue weighted by Gasteiger charge is -2.65. The second-order valence-electron chi connectivity index (χ2n) is 12.6. The lowest BCUT2D eigenvalue weighted by Crippen LogP contribution is -2.64. The number of fused-ring (bicyclic) bond motifs is 2. The van der Waals surface area contributed by atoms with E-state index in [4.69, 9.17) is 9.47 Å². The number of hydrogen-bond donors (Lipinski definition) is 2. The Hall–Kier alpha value is -1.14. The van der Waals surface area contributed by atoms with Gasteiger partial charge in [-0.3, -0.25) is 4.79 Å². The molecule has 4 fully saturated rings. The van der Waals surface area contributed by atoms with Gasteiger partial charge in [-0.2, -0.15) is 0 Å². The quantitative estimate of drug-likeness (QED) is 0.358. The predicted molar refractivity (Wildman–Crippen MR) is 133 cm³/mol. The van der Waals surface area contributed by atoms with Crippen LogP contribution in [-0.2, 0) is 19.1 Å². The lowest BCUT2D eigenvalue weighted by atomic mass is 9.40. The van der Waals surface area contributed by atoms with Crippen LogP contribution in [-0.4, -0.2) is 45.6 Å². The van der Waals surface area contributed by atoms with E-state index in [1.165, 1.54) is 0 Å². The molecule has 4 saturated carbocycles. The van der Waals surface area contributed by atoms with Crippen LogP contribution in [0.15, 0.2) is 0 Å². The first-order valence-electron chi connectivity index (χ1n) is 14.3. The maximum absolute atomic E-state index is 13.0. The van der Waals surface area contributed by atoms with Crippen molar-refractivity contribution in [2.24, 2.45) is 28.1 Å². The van der Waals surface area contributed by atoms with Crippen molar-refractivity contribution < 1.29 is 29.3 Å². The molecule has 0 amide bonds. The van der Waals surface area contributed by atoms with Crippen molar-refractivity contribution in [3.05, 3.63) is 0 Å². The molecule has 0 saturated heterocycles. The van der Waals surface area contributed by atoms with Crippen molar-refractivity contribution in [2.75, 3.05) is 6.61 Å². The molecule has 4 rings (SSSR count). The van der Waals surface area contributed by atoms with Gasteiger partial charge in [-0.05, 0) is 88.4 Å². The molecule has 0 aromatic carbocycles. The van der Waals surface area contributed by atoms with Gasteiger partial charge in [0.25, 0.3) is 0 Å². The molecular formula is C29H48O6. The minimum Gasteiger partial charge on any atom is -0.456 e. The van der Waals surface area contributed by atoms with Crippen molar-refractivity contribution in [3.8, 4) is 0 Å². The standard InChI is InChI=1S/C29H48O6/c1-7-20(8-2)23(31)34-15-22(30)35-25-13-21-14-27(29(33,11-5)12-6)18-24(16-25,17-26(21,27)19-25)28(32,9-3)10-4/h20-21,32-33H,7-19H2,1-6H3. The van der Waals surface area contributed by atoms with E-state index >= 15 is 0 Å². The van der Waals surface area contributed by atoms with Crippen LogP contribution >= 0.6 is 0 Å². The van der Waals surface area contributed by atoms with E-state index in [1.807, 2.05) is 13.8 Å². The molecule has 1 spiro atoms. The van der Waals surface area contributed by atoms with Gasteiger partial charge < -0.3 is 19.7 Å². The molecule has 0 aromatic heterocycles. The van der Waals surface area contributed by atoms with Crippen LogP contribution < -0.4 is 0 Å². The fourth-order valence-corrected chi connectivity index (χ4v) is 9.99. The van der Waals surface area contributed by atoms with Crippen LogP contribution in [0.25, 0.3) is 0 Å². The van der Waals surface area contributed by atoms with Gasteiger partial charge in [0, 0.05) is 10.8 Å². The monoisotopic (exact) mass is 492 g/mol. The van der Waals surface area contributed by atoms with Crippen molar-refractivity contribution in [2.45, 2.75) is 135 Å². The topological polar surface area (TPSA) is 93.1 Å². The van der Waals surface area contributed by atoms with Gasteiger partial charge in [0.05, 0.1) is 17.1 Å². The summed E-state index contributed by atoms with van der Waals surface area (Å²) in [6, 6.07) is 0. The highest BCUT2D eigenvalue weighted by molar-refractivity contribution is 5.78. The average Bonchev–Trinajstić information content (AvgIpc) is 3.14. The molecule has 5 atom stereocenters. The Kier molecular flexibility index (Phi) is 6.70. The number of carbonyl (C=O) groups is 2. The Morgan fingerprint density at radius 3 is 2.00 bits per heavy atom. The van der Waals surface area contributed by atoms with Crippen LogP contribution in [0.3, 0.4) is 0 Å².